The molecule has 1 aliphatic heterocycles. The van der Waals surface area contributed by atoms with Crippen LogP contribution in [0.25, 0.3) is 33.2 Å². The number of nitrogens with zero attached hydrogens (tertiary/aromatic N) is 3. The van der Waals surface area contributed by atoms with Crippen LogP contribution in [0.2, 0.25) is 0 Å². The molecule has 0 saturated carbocycles. The molecule has 2 atom stereocenters. The number of rotatable bonds is 5. The average Bonchev–Trinajstić information content (AvgIpc) is 2.91. The van der Waals surface area contributed by atoms with Crippen LogP contribution in [-0.4, -0.2) is 48.1 Å². The van der Waals surface area contributed by atoms with E-state index in [1.54, 1.807) is 21.0 Å². The lowest BCUT2D eigenvalue weighted by molar-refractivity contribution is -0.120. The molecule has 2 unspecified atom stereocenters. The minimum atomic E-state index is -0.909. The molecule has 0 amide bonds. The summed E-state index contributed by atoms with van der Waals surface area (Å²) in [7, 11) is 1.69. The third-order valence-corrected chi connectivity index (χ3v) is 6.97. The number of aromatic nitrogens is 1. The molecule has 1 aliphatic rings. The minimum Gasteiger partial charge on any atom is -0.495 e. The van der Waals surface area contributed by atoms with Crippen molar-refractivity contribution in [3.05, 3.63) is 78.5 Å². The molecule has 37 heavy (non-hydrogen) atoms. The maximum absolute atomic E-state index is 10.5. The van der Waals surface area contributed by atoms with Gasteiger partial charge in [0, 0.05) is 41.5 Å². The summed E-state index contributed by atoms with van der Waals surface area (Å²) in [5.74, 6) is 0.773. The van der Waals surface area contributed by atoms with Crippen LogP contribution in [0.4, 0.5) is 5.69 Å². The summed E-state index contributed by atoms with van der Waals surface area (Å²) in [4.78, 5) is 7.11. The van der Waals surface area contributed by atoms with Gasteiger partial charge in [-0.25, -0.2) is 0 Å². The fourth-order valence-corrected chi connectivity index (χ4v) is 4.99. The van der Waals surface area contributed by atoms with Crippen LogP contribution in [0, 0.1) is 11.3 Å². The first-order chi connectivity index (χ1) is 17.8. The van der Waals surface area contributed by atoms with Crippen molar-refractivity contribution in [2.45, 2.75) is 38.6 Å². The molecule has 1 fully saturated rings. The minimum absolute atomic E-state index is 0.0277. The molecule has 188 valence electrons. The zero-order valence-corrected chi connectivity index (χ0v) is 21.6. The molecule has 1 N–H and O–H groups in total. The van der Waals surface area contributed by atoms with E-state index >= 15 is 0 Å². The van der Waals surface area contributed by atoms with Crippen molar-refractivity contribution < 1.29 is 14.6 Å². The molecule has 1 aromatic heterocycles. The molecule has 4 aromatic rings. The molecule has 2 heterocycles. The van der Waals surface area contributed by atoms with E-state index in [4.69, 9.17) is 19.7 Å². The Balaban J connectivity index is 1.49. The van der Waals surface area contributed by atoms with Crippen LogP contribution >= 0.6 is 0 Å². The molecule has 3 aromatic carbocycles. The Bertz CT molecular complexity index is 1450. The second-order valence-corrected chi connectivity index (χ2v) is 10.1. The maximum Gasteiger partial charge on any atom is 0.137 e. The summed E-state index contributed by atoms with van der Waals surface area (Å²) in [6, 6.07) is 24.1. The topological polar surface area (TPSA) is 78.6 Å². The van der Waals surface area contributed by atoms with Gasteiger partial charge in [-0.3, -0.25) is 4.98 Å². The smallest absolute Gasteiger partial charge is 0.137 e. The van der Waals surface area contributed by atoms with E-state index in [-0.39, 0.29) is 12.2 Å². The van der Waals surface area contributed by atoms with Crippen LogP contribution in [-0.2, 0) is 4.74 Å². The number of morpholine rings is 1. The highest BCUT2D eigenvalue weighted by atomic mass is 16.5. The standard InChI is InChI=1S/C31H31N3O3/c1-20-18-34(19-28(37-20)31(2,3)35)24-14-12-23(13-15-24)27-17-33-29-25(6-5-7-26(29)30(27)36-4)22-10-8-21(16-32)9-11-22/h5-15,17,20,28,35H,18-19H2,1-4H3. The van der Waals surface area contributed by atoms with Crippen molar-refractivity contribution in [3.63, 3.8) is 0 Å². The predicted octanol–water partition coefficient (Wildman–Crippen LogP) is 5.81. The monoisotopic (exact) mass is 493 g/mol. The predicted molar refractivity (Wildman–Crippen MR) is 147 cm³/mol. The molecule has 0 bridgehead atoms. The Hall–Kier alpha value is -3.92. The van der Waals surface area contributed by atoms with Gasteiger partial charge >= 0.3 is 0 Å². The molecule has 6 nitrogen and oxygen atoms in total. The molecule has 6 heteroatoms. The average molecular weight is 494 g/mol. The van der Waals surface area contributed by atoms with Crippen molar-refractivity contribution >= 4 is 16.6 Å². The number of para-hydroxylation sites is 1. The number of benzene rings is 3. The zero-order chi connectivity index (χ0) is 26.2. The van der Waals surface area contributed by atoms with Gasteiger partial charge < -0.3 is 19.5 Å². The first-order valence-electron chi connectivity index (χ1n) is 12.5. The summed E-state index contributed by atoms with van der Waals surface area (Å²) in [5, 5.41) is 20.6. The Morgan fingerprint density at radius 3 is 2.32 bits per heavy atom. The SMILES string of the molecule is COc1c(-c2ccc(N3CC(C)OC(C(C)(C)O)C3)cc2)cnc2c(-c3ccc(C#N)cc3)cccc12. The number of hydrogen-bond acceptors (Lipinski definition) is 6. The first-order valence-corrected chi connectivity index (χ1v) is 12.5. The highest BCUT2D eigenvalue weighted by Gasteiger charge is 2.35. The Morgan fingerprint density at radius 2 is 1.68 bits per heavy atom. The van der Waals surface area contributed by atoms with Gasteiger partial charge in [0.05, 0.1) is 36.0 Å². The molecule has 1 saturated heterocycles. The number of aliphatic hydroxyl groups is 1. The van der Waals surface area contributed by atoms with Crippen molar-refractivity contribution in [2.24, 2.45) is 0 Å². The summed E-state index contributed by atoms with van der Waals surface area (Å²) in [6.07, 6.45) is 1.63. The molecule has 0 aliphatic carbocycles. The number of anilines is 1. The van der Waals surface area contributed by atoms with Gasteiger partial charge in [-0.05, 0) is 62.2 Å². The van der Waals surface area contributed by atoms with Crippen LogP contribution in [0.15, 0.2) is 72.9 Å². The van der Waals surface area contributed by atoms with E-state index in [1.807, 2.05) is 55.6 Å². The van der Waals surface area contributed by atoms with Crippen molar-refractivity contribution in [2.75, 3.05) is 25.1 Å². The quantitative estimate of drug-likeness (QED) is 0.378. The Morgan fingerprint density at radius 1 is 1.00 bits per heavy atom. The summed E-state index contributed by atoms with van der Waals surface area (Å²) in [6.45, 7) is 7.03. The number of hydrogen-bond donors (Lipinski definition) is 1. The molecule has 0 spiro atoms. The van der Waals surface area contributed by atoms with Crippen LogP contribution in [0.3, 0.4) is 0 Å². The maximum atomic E-state index is 10.5. The Labute approximate surface area is 217 Å². The van der Waals surface area contributed by atoms with Crippen LogP contribution in [0.5, 0.6) is 5.75 Å². The second-order valence-electron chi connectivity index (χ2n) is 10.1. The van der Waals surface area contributed by atoms with E-state index in [9.17, 15) is 5.11 Å². The lowest BCUT2D eigenvalue weighted by Crippen LogP contribution is -2.54. The van der Waals surface area contributed by atoms with Crippen molar-refractivity contribution in [1.82, 2.24) is 4.98 Å². The lowest BCUT2D eigenvalue weighted by Gasteiger charge is -2.42. The van der Waals surface area contributed by atoms with Gasteiger partial charge in [0.25, 0.3) is 0 Å². The van der Waals surface area contributed by atoms with Gasteiger partial charge in [-0.15, -0.1) is 0 Å². The highest BCUT2D eigenvalue weighted by molar-refractivity contribution is 6.00. The van der Waals surface area contributed by atoms with E-state index in [0.717, 1.165) is 51.1 Å². The summed E-state index contributed by atoms with van der Waals surface area (Å²) < 4.78 is 11.9. The summed E-state index contributed by atoms with van der Waals surface area (Å²) in [5.41, 5.74) is 5.58. The van der Waals surface area contributed by atoms with E-state index < -0.39 is 5.60 Å². The molecule has 5 rings (SSSR count). The highest BCUT2D eigenvalue weighted by Crippen LogP contribution is 2.39. The van der Waals surface area contributed by atoms with E-state index in [1.165, 1.54) is 0 Å². The van der Waals surface area contributed by atoms with Crippen molar-refractivity contribution in [1.29, 1.82) is 5.26 Å². The van der Waals surface area contributed by atoms with E-state index in [2.05, 4.69) is 35.2 Å². The normalized spacial score (nSPS) is 18.0. The van der Waals surface area contributed by atoms with Crippen LogP contribution < -0.4 is 9.64 Å². The first kappa shape index (κ1) is 24.8. The van der Waals surface area contributed by atoms with Gasteiger partial charge in [-0.1, -0.05) is 36.4 Å². The number of methoxy groups -OCH3 is 1. The summed E-state index contributed by atoms with van der Waals surface area (Å²) >= 11 is 0. The number of nitriles is 1. The van der Waals surface area contributed by atoms with E-state index in [0.29, 0.717) is 12.1 Å². The molecule has 0 radical (unpaired) electrons. The van der Waals surface area contributed by atoms with Crippen LogP contribution in [0.1, 0.15) is 26.3 Å². The Kier molecular flexibility index (Phi) is 6.59. The molecular formula is C31H31N3O3. The number of fused-ring (bicyclic) bond motifs is 1. The van der Waals surface area contributed by atoms with Gasteiger partial charge in [0.2, 0.25) is 0 Å². The second kappa shape index (κ2) is 9.85. The third-order valence-electron chi connectivity index (χ3n) is 6.97. The molecular weight excluding hydrogens is 462 g/mol. The van der Waals surface area contributed by atoms with Gasteiger partial charge in [-0.2, -0.15) is 5.26 Å². The van der Waals surface area contributed by atoms with Gasteiger partial charge in [0.1, 0.15) is 11.9 Å². The zero-order valence-electron chi connectivity index (χ0n) is 21.6. The third kappa shape index (κ3) is 4.89. The van der Waals surface area contributed by atoms with Gasteiger partial charge in [0.15, 0.2) is 0 Å². The number of ether oxygens (including phenoxy) is 2. The fraction of sp³-hybridized carbons (Fsp3) is 0.290. The fourth-order valence-electron chi connectivity index (χ4n) is 4.99. The number of pyridine rings is 1. The largest absolute Gasteiger partial charge is 0.495 e. The lowest BCUT2D eigenvalue weighted by atomic mass is 9.97. The van der Waals surface area contributed by atoms with Crippen molar-refractivity contribution in [3.8, 4) is 34.1 Å².